The summed E-state index contributed by atoms with van der Waals surface area (Å²) in [6, 6.07) is 8.72. The maximum absolute atomic E-state index is 11.7. The number of aromatic nitrogens is 2. The van der Waals surface area contributed by atoms with Crippen molar-refractivity contribution in [2.45, 2.75) is 45.1 Å². The number of nitrogens with zero attached hydrogens (tertiary/aromatic N) is 5. The normalized spacial score (nSPS) is 23.2. The van der Waals surface area contributed by atoms with Gasteiger partial charge in [-0.05, 0) is 44.1 Å². The topological polar surface area (TPSA) is 77.0 Å². The van der Waals surface area contributed by atoms with E-state index in [4.69, 9.17) is 14.7 Å². The van der Waals surface area contributed by atoms with Gasteiger partial charge in [-0.25, -0.2) is 0 Å². The highest BCUT2D eigenvalue weighted by atomic mass is 16.5. The summed E-state index contributed by atoms with van der Waals surface area (Å²) in [6.07, 6.45) is 5.35. The number of piperazine rings is 1. The maximum atomic E-state index is 11.7. The molecule has 188 valence electrons. The van der Waals surface area contributed by atoms with E-state index in [0.29, 0.717) is 19.0 Å². The molecule has 8 nitrogen and oxygen atoms in total. The minimum absolute atomic E-state index is 0.0180. The van der Waals surface area contributed by atoms with Gasteiger partial charge in [0.1, 0.15) is 17.6 Å². The van der Waals surface area contributed by atoms with E-state index in [1.807, 2.05) is 24.3 Å². The third kappa shape index (κ3) is 5.21. The predicted octanol–water partition coefficient (Wildman–Crippen LogP) is 1.92. The second-order valence-corrected chi connectivity index (χ2v) is 10.0. The first-order valence-electron chi connectivity index (χ1n) is 12.9. The van der Waals surface area contributed by atoms with Crippen LogP contribution in [0.4, 0.5) is 5.82 Å². The molecule has 3 aliphatic rings. The van der Waals surface area contributed by atoms with Crippen molar-refractivity contribution < 1.29 is 9.84 Å². The lowest BCUT2D eigenvalue weighted by atomic mass is 9.89. The van der Waals surface area contributed by atoms with Crippen molar-refractivity contribution in [3.05, 3.63) is 52.7 Å². The Hall–Kier alpha value is -2.52. The van der Waals surface area contributed by atoms with Crippen molar-refractivity contribution in [2.24, 2.45) is 0 Å². The average molecular weight is 479 g/mol. The van der Waals surface area contributed by atoms with Crippen LogP contribution in [0.5, 0.6) is 6.01 Å². The molecule has 2 aromatic rings. The summed E-state index contributed by atoms with van der Waals surface area (Å²) in [7, 11) is 2.09. The first-order chi connectivity index (χ1) is 16.9. The highest BCUT2D eigenvalue weighted by Crippen LogP contribution is 2.35. The highest BCUT2D eigenvalue weighted by molar-refractivity contribution is 5.58. The zero-order valence-electron chi connectivity index (χ0n) is 21.2. The Balaban J connectivity index is 1.42. The number of nitrogens with one attached hydrogen (secondary N) is 1. The van der Waals surface area contributed by atoms with E-state index in [1.54, 1.807) is 0 Å². The first-order valence-corrected chi connectivity index (χ1v) is 12.9. The fraction of sp³-hybridized carbons (Fsp3) is 0.556. The number of hydrogen-bond donors (Lipinski definition) is 2. The molecule has 0 amide bonds. The number of benzene rings is 1. The van der Waals surface area contributed by atoms with E-state index in [9.17, 15) is 5.11 Å². The van der Waals surface area contributed by atoms with Crippen LogP contribution in [-0.2, 0) is 19.4 Å². The summed E-state index contributed by atoms with van der Waals surface area (Å²) in [5.74, 6) is 0.999. The lowest BCUT2D eigenvalue weighted by Gasteiger charge is -2.42. The van der Waals surface area contributed by atoms with Crippen molar-refractivity contribution >= 4 is 11.9 Å². The van der Waals surface area contributed by atoms with Gasteiger partial charge >= 0.3 is 6.01 Å². The molecule has 1 saturated heterocycles. The molecule has 0 bridgehead atoms. The van der Waals surface area contributed by atoms with Crippen LogP contribution in [0.2, 0.25) is 0 Å². The quantitative estimate of drug-likeness (QED) is 0.625. The molecular weight excluding hydrogens is 440 g/mol. The van der Waals surface area contributed by atoms with Gasteiger partial charge in [-0.1, -0.05) is 37.3 Å². The number of rotatable bonds is 7. The van der Waals surface area contributed by atoms with Crippen LogP contribution >= 0.6 is 0 Å². The zero-order chi connectivity index (χ0) is 24.4. The van der Waals surface area contributed by atoms with Crippen LogP contribution in [0.25, 0.3) is 6.08 Å². The molecule has 1 aromatic heterocycles. The summed E-state index contributed by atoms with van der Waals surface area (Å²) < 4.78 is 6.24. The van der Waals surface area contributed by atoms with E-state index in [0.717, 1.165) is 63.7 Å². The van der Waals surface area contributed by atoms with Crippen LogP contribution in [-0.4, -0.2) is 89.6 Å². The van der Waals surface area contributed by atoms with Gasteiger partial charge in [0, 0.05) is 57.8 Å². The Morgan fingerprint density at radius 3 is 2.80 bits per heavy atom. The number of fused-ring (bicyclic) bond motifs is 2. The van der Waals surface area contributed by atoms with Crippen LogP contribution in [0.1, 0.15) is 36.2 Å². The minimum atomic E-state index is -1.02. The van der Waals surface area contributed by atoms with Crippen molar-refractivity contribution in [3.63, 3.8) is 0 Å². The number of ether oxygens (including phenoxy) is 1. The van der Waals surface area contributed by atoms with Gasteiger partial charge in [0.15, 0.2) is 0 Å². The molecule has 0 radical (unpaired) electrons. The fourth-order valence-corrected chi connectivity index (χ4v) is 5.33. The van der Waals surface area contributed by atoms with Crippen LogP contribution < -0.4 is 15.0 Å². The van der Waals surface area contributed by atoms with E-state index in [-0.39, 0.29) is 6.10 Å². The van der Waals surface area contributed by atoms with Gasteiger partial charge in [0.2, 0.25) is 0 Å². The monoisotopic (exact) mass is 478 g/mol. The molecule has 1 aromatic carbocycles. The summed E-state index contributed by atoms with van der Waals surface area (Å²) in [4.78, 5) is 16.5. The van der Waals surface area contributed by atoms with Gasteiger partial charge in [-0.15, -0.1) is 0 Å². The van der Waals surface area contributed by atoms with Gasteiger partial charge in [0.25, 0.3) is 0 Å². The van der Waals surface area contributed by atoms with Gasteiger partial charge in [-0.3, -0.25) is 4.90 Å². The first kappa shape index (κ1) is 24.2. The summed E-state index contributed by atoms with van der Waals surface area (Å²) in [6.45, 7) is 11.1. The Morgan fingerprint density at radius 2 is 2.00 bits per heavy atom. The summed E-state index contributed by atoms with van der Waals surface area (Å²) in [5, 5.41) is 15.1. The maximum Gasteiger partial charge on any atom is 0.318 e. The van der Waals surface area contributed by atoms with Crippen LogP contribution in [0.3, 0.4) is 0 Å². The predicted molar refractivity (Wildman–Crippen MR) is 139 cm³/mol. The number of likely N-dealkylation sites (N-methyl/N-ethyl adjacent to an activating group) is 1. The van der Waals surface area contributed by atoms with Crippen LogP contribution in [0, 0.1) is 0 Å². The van der Waals surface area contributed by atoms with Crippen molar-refractivity contribution in [2.75, 3.05) is 57.8 Å². The second kappa shape index (κ2) is 10.2. The third-order valence-electron chi connectivity index (χ3n) is 7.44. The van der Waals surface area contributed by atoms with E-state index < -0.39 is 5.72 Å². The standard InChI is InChI=1S/C27H38N6O2/c1-4-31(3)18-20(2)35-26-29-24-19-33(27(34)11-9-21-7-5-6-8-22(21)17-27)14-10-23(24)25(30-26)32-15-12-28-13-16-32/h5-9,11,20,28,34H,4,10,12-19H2,1-3H3/t20-,27?/m1/s1. The van der Waals surface area contributed by atoms with Gasteiger partial charge in [-0.2, -0.15) is 9.97 Å². The summed E-state index contributed by atoms with van der Waals surface area (Å²) >= 11 is 0. The number of anilines is 1. The molecule has 2 aliphatic heterocycles. The van der Waals surface area contributed by atoms with Gasteiger partial charge in [0.05, 0.1) is 5.69 Å². The Labute approximate surface area is 208 Å². The lowest BCUT2D eigenvalue weighted by molar-refractivity contribution is -0.0768. The Morgan fingerprint density at radius 1 is 1.20 bits per heavy atom. The molecule has 3 heterocycles. The lowest BCUT2D eigenvalue weighted by Crippen LogP contribution is -2.52. The molecular formula is C27H38N6O2. The Kier molecular flexibility index (Phi) is 7.07. The second-order valence-electron chi connectivity index (χ2n) is 10.0. The van der Waals surface area contributed by atoms with Crippen molar-refractivity contribution in [1.82, 2.24) is 25.1 Å². The molecule has 0 spiro atoms. The Bertz CT molecular complexity index is 1070. The van der Waals surface area contributed by atoms with Crippen molar-refractivity contribution in [3.8, 4) is 6.01 Å². The number of aliphatic hydroxyl groups is 1. The minimum Gasteiger partial charge on any atom is -0.459 e. The molecule has 8 heteroatoms. The smallest absolute Gasteiger partial charge is 0.318 e. The van der Waals surface area contributed by atoms with E-state index >= 15 is 0 Å². The molecule has 35 heavy (non-hydrogen) atoms. The van der Waals surface area contributed by atoms with E-state index in [1.165, 1.54) is 16.7 Å². The largest absolute Gasteiger partial charge is 0.459 e. The summed E-state index contributed by atoms with van der Waals surface area (Å²) in [5.41, 5.74) is 3.48. The number of hydrogen-bond acceptors (Lipinski definition) is 8. The molecule has 0 saturated carbocycles. The molecule has 5 rings (SSSR count). The molecule has 2 atom stereocenters. The molecule has 1 aliphatic carbocycles. The van der Waals surface area contributed by atoms with E-state index in [2.05, 4.69) is 53.0 Å². The third-order valence-corrected chi connectivity index (χ3v) is 7.44. The average Bonchev–Trinajstić information content (AvgIpc) is 2.88. The SMILES string of the molecule is CCN(C)C[C@@H](C)Oc1nc2c(c(N3CCNCC3)n1)CCN(C1(O)C=Cc3ccccc3C1)C2. The molecule has 1 unspecified atom stereocenters. The van der Waals surface area contributed by atoms with Gasteiger partial charge < -0.3 is 25.0 Å². The highest BCUT2D eigenvalue weighted by Gasteiger charge is 2.38. The van der Waals surface area contributed by atoms with Crippen LogP contribution in [0.15, 0.2) is 30.3 Å². The van der Waals surface area contributed by atoms with Crippen molar-refractivity contribution in [1.29, 1.82) is 0 Å². The zero-order valence-corrected chi connectivity index (χ0v) is 21.2. The fourth-order valence-electron chi connectivity index (χ4n) is 5.33. The molecule has 2 N–H and O–H groups in total. The molecule has 1 fully saturated rings.